The molecule has 0 bridgehead atoms. The molecule has 0 aromatic heterocycles. The van der Waals surface area contributed by atoms with E-state index in [1.807, 2.05) is 18.2 Å². The van der Waals surface area contributed by atoms with Crippen LogP contribution in [0.2, 0.25) is 0 Å². The smallest absolute Gasteiger partial charge is 0.313 e. The minimum absolute atomic E-state index is 0.577. The second-order valence-corrected chi connectivity index (χ2v) is 8.48. The summed E-state index contributed by atoms with van der Waals surface area (Å²) in [7, 11) is 4.50. The first-order valence-corrected chi connectivity index (χ1v) is 9.72. The first kappa shape index (κ1) is 20.6. The highest BCUT2D eigenvalue weighted by Gasteiger charge is 2.36. The average molecular weight is 390 g/mol. The molecular formula is C23H29F3N2+2. The zero-order valence-electron chi connectivity index (χ0n) is 16.6. The largest absolute Gasteiger partial charge is 0.416 e. The molecule has 3 rings (SSSR count). The van der Waals surface area contributed by atoms with Gasteiger partial charge in [0.1, 0.15) is 32.7 Å². The summed E-state index contributed by atoms with van der Waals surface area (Å²) >= 11 is 0. The maximum Gasteiger partial charge on any atom is 0.416 e. The topological polar surface area (TPSA) is 0 Å². The molecule has 1 fully saturated rings. The Hall–Kier alpha value is -2.11. The molecule has 0 spiro atoms. The van der Waals surface area contributed by atoms with E-state index in [0.717, 1.165) is 53.8 Å². The minimum atomic E-state index is -4.27. The number of nitrogens with zero attached hydrogens (tertiary/aromatic N) is 2. The summed E-state index contributed by atoms with van der Waals surface area (Å²) in [6, 6.07) is 15.9. The van der Waals surface area contributed by atoms with E-state index < -0.39 is 11.7 Å². The highest BCUT2D eigenvalue weighted by atomic mass is 19.4. The normalized spacial score (nSPS) is 25.9. The molecule has 1 saturated heterocycles. The molecule has 0 aliphatic carbocycles. The van der Waals surface area contributed by atoms with Crippen molar-refractivity contribution in [1.29, 1.82) is 0 Å². The Morgan fingerprint density at radius 3 is 1.96 bits per heavy atom. The van der Waals surface area contributed by atoms with Crippen LogP contribution in [0, 0.1) is 0 Å². The van der Waals surface area contributed by atoms with Crippen molar-refractivity contribution < 1.29 is 22.1 Å². The van der Waals surface area contributed by atoms with Gasteiger partial charge in [-0.1, -0.05) is 48.5 Å². The summed E-state index contributed by atoms with van der Waals surface area (Å²) in [6.45, 7) is 5.95. The van der Waals surface area contributed by atoms with Gasteiger partial charge in [-0.3, -0.25) is 0 Å². The maximum absolute atomic E-state index is 12.7. The lowest BCUT2D eigenvalue weighted by molar-refractivity contribution is -1.02. The molecule has 0 amide bonds. The van der Waals surface area contributed by atoms with Crippen LogP contribution in [0.1, 0.15) is 16.7 Å². The van der Waals surface area contributed by atoms with Crippen molar-refractivity contribution in [2.45, 2.75) is 12.7 Å². The van der Waals surface area contributed by atoms with E-state index in [0.29, 0.717) is 0 Å². The summed E-state index contributed by atoms with van der Waals surface area (Å²) in [5, 5.41) is 0. The van der Waals surface area contributed by atoms with E-state index in [2.05, 4.69) is 38.4 Å². The van der Waals surface area contributed by atoms with E-state index in [-0.39, 0.29) is 0 Å². The van der Waals surface area contributed by atoms with Crippen LogP contribution in [0.25, 0.3) is 6.08 Å². The van der Waals surface area contributed by atoms with Crippen LogP contribution in [-0.2, 0) is 12.7 Å². The summed E-state index contributed by atoms with van der Waals surface area (Å²) in [6.07, 6.45) is 0.157. The third-order valence-corrected chi connectivity index (χ3v) is 5.86. The summed E-state index contributed by atoms with van der Waals surface area (Å²) in [5.74, 6) is 0. The van der Waals surface area contributed by atoms with Gasteiger partial charge in [-0.05, 0) is 23.8 Å². The fourth-order valence-electron chi connectivity index (χ4n) is 3.78. The molecule has 0 saturated carbocycles. The summed E-state index contributed by atoms with van der Waals surface area (Å²) in [4.78, 5) is 0. The molecule has 2 aromatic carbocycles. The Morgan fingerprint density at radius 2 is 1.39 bits per heavy atom. The van der Waals surface area contributed by atoms with Crippen LogP contribution < -0.4 is 0 Å². The van der Waals surface area contributed by atoms with E-state index in [9.17, 15) is 13.2 Å². The van der Waals surface area contributed by atoms with Crippen LogP contribution in [-0.4, -0.2) is 55.8 Å². The van der Waals surface area contributed by atoms with Crippen molar-refractivity contribution in [2.75, 3.05) is 46.8 Å². The maximum atomic E-state index is 12.7. The van der Waals surface area contributed by atoms with Gasteiger partial charge in [0.25, 0.3) is 0 Å². The highest BCUT2D eigenvalue weighted by molar-refractivity contribution is 5.48. The Labute approximate surface area is 165 Å². The highest BCUT2D eigenvalue weighted by Crippen LogP contribution is 2.29. The summed E-state index contributed by atoms with van der Waals surface area (Å²) < 4.78 is 40.1. The number of benzene rings is 2. The quantitative estimate of drug-likeness (QED) is 0.642. The van der Waals surface area contributed by atoms with E-state index in [1.54, 1.807) is 12.1 Å². The molecule has 1 aliphatic heterocycles. The second kappa shape index (κ2) is 8.10. The lowest BCUT2D eigenvalue weighted by Gasteiger charge is -2.46. The predicted octanol–water partition coefficient (Wildman–Crippen LogP) is 4.83. The molecular weight excluding hydrogens is 361 g/mol. The van der Waals surface area contributed by atoms with Crippen LogP contribution in [0.4, 0.5) is 13.2 Å². The molecule has 28 heavy (non-hydrogen) atoms. The molecule has 150 valence electrons. The SMILES string of the molecule is C[N+]1(CC=Cc2ccccc2)CC[N+](C)(Cc2ccc(C(F)(F)F)cc2)CC1. The number of likely N-dealkylation sites (N-methyl/N-ethyl adjacent to an activating group) is 2. The molecule has 2 aromatic rings. The minimum Gasteiger partial charge on any atom is -0.313 e. The molecule has 2 nitrogen and oxygen atoms in total. The molecule has 5 heteroatoms. The van der Waals surface area contributed by atoms with Crippen LogP contribution in [0.15, 0.2) is 60.7 Å². The van der Waals surface area contributed by atoms with Crippen molar-refractivity contribution >= 4 is 6.08 Å². The van der Waals surface area contributed by atoms with Crippen LogP contribution in [0.5, 0.6) is 0 Å². The lowest BCUT2D eigenvalue weighted by Crippen LogP contribution is -2.63. The predicted molar refractivity (Wildman–Crippen MR) is 107 cm³/mol. The van der Waals surface area contributed by atoms with Gasteiger partial charge < -0.3 is 8.97 Å². The van der Waals surface area contributed by atoms with Crippen molar-refractivity contribution in [3.63, 3.8) is 0 Å². The molecule has 0 N–H and O–H groups in total. The van der Waals surface area contributed by atoms with Gasteiger partial charge in [-0.2, -0.15) is 13.2 Å². The Kier molecular flexibility index (Phi) is 5.96. The second-order valence-electron chi connectivity index (χ2n) is 8.48. The number of rotatable bonds is 5. The van der Waals surface area contributed by atoms with E-state index in [1.165, 1.54) is 17.7 Å². The zero-order chi connectivity index (χ0) is 20.3. The molecule has 1 aliphatic rings. The van der Waals surface area contributed by atoms with Gasteiger partial charge in [0.05, 0.1) is 26.2 Å². The average Bonchev–Trinajstić information content (AvgIpc) is 2.65. The van der Waals surface area contributed by atoms with E-state index in [4.69, 9.17) is 0 Å². The molecule has 0 atom stereocenters. The fourth-order valence-corrected chi connectivity index (χ4v) is 3.78. The van der Waals surface area contributed by atoms with Gasteiger partial charge in [0.15, 0.2) is 0 Å². The van der Waals surface area contributed by atoms with Crippen molar-refractivity contribution in [2.24, 2.45) is 0 Å². The monoisotopic (exact) mass is 390 g/mol. The van der Waals surface area contributed by atoms with Crippen molar-refractivity contribution in [3.05, 3.63) is 77.4 Å². The molecule has 0 radical (unpaired) electrons. The number of alkyl halides is 3. The van der Waals surface area contributed by atoms with Gasteiger partial charge in [0, 0.05) is 5.56 Å². The number of hydrogen-bond acceptors (Lipinski definition) is 0. The Morgan fingerprint density at radius 1 is 0.821 bits per heavy atom. The van der Waals surface area contributed by atoms with Gasteiger partial charge >= 0.3 is 6.18 Å². The number of halogens is 3. The molecule has 0 unspecified atom stereocenters. The number of piperazine rings is 1. The van der Waals surface area contributed by atoms with Crippen molar-refractivity contribution in [1.82, 2.24) is 0 Å². The van der Waals surface area contributed by atoms with Crippen LogP contribution >= 0.6 is 0 Å². The van der Waals surface area contributed by atoms with Crippen molar-refractivity contribution in [3.8, 4) is 0 Å². The first-order chi connectivity index (χ1) is 13.2. The standard InChI is InChI=1S/C23H29F3N2/c1-27(14-6-9-20-7-4-3-5-8-20)15-17-28(2,18-16-27)19-21-10-12-22(13-11-21)23(24,25)26/h3-13H,14-19H2,1-2H3/q+2. The molecule has 1 heterocycles. The third kappa shape index (κ3) is 5.46. The van der Waals surface area contributed by atoms with E-state index >= 15 is 0 Å². The zero-order valence-corrected chi connectivity index (χ0v) is 16.6. The fraction of sp³-hybridized carbons (Fsp3) is 0.391. The Balaban J connectivity index is 1.55. The Bertz CT molecular complexity index is 787. The van der Waals surface area contributed by atoms with Gasteiger partial charge in [-0.25, -0.2) is 0 Å². The van der Waals surface area contributed by atoms with Gasteiger partial charge in [0.2, 0.25) is 0 Å². The summed E-state index contributed by atoms with van der Waals surface area (Å²) in [5.41, 5.74) is 1.61. The first-order valence-electron chi connectivity index (χ1n) is 9.72. The van der Waals surface area contributed by atoms with Gasteiger partial charge in [-0.15, -0.1) is 0 Å². The number of hydrogen-bond donors (Lipinski definition) is 0. The lowest BCUT2D eigenvalue weighted by atomic mass is 10.1. The van der Waals surface area contributed by atoms with Crippen LogP contribution in [0.3, 0.4) is 0 Å². The third-order valence-electron chi connectivity index (χ3n) is 5.86. The number of quaternary nitrogens is 2.